The molecule has 3 aromatic rings. The highest BCUT2D eigenvalue weighted by molar-refractivity contribution is 6.32. The van der Waals surface area contributed by atoms with Gasteiger partial charge in [-0.05, 0) is 51.1 Å². The molecule has 1 aromatic heterocycles. The lowest BCUT2D eigenvalue weighted by molar-refractivity contribution is -0.138. The first-order chi connectivity index (χ1) is 15.8. The molecule has 0 atom stereocenters. The summed E-state index contributed by atoms with van der Waals surface area (Å²) in [6.07, 6.45) is -5.03. The van der Waals surface area contributed by atoms with Crippen molar-refractivity contribution in [1.29, 1.82) is 0 Å². The molecule has 34 heavy (non-hydrogen) atoms. The van der Waals surface area contributed by atoms with Crippen molar-refractivity contribution in [3.63, 3.8) is 0 Å². The number of carbonyl (C=O) groups is 1. The summed E-state index contributed by atoms with van der Waals surface area (Å²) in [5.74, 6) is -3.24. The summed E-state index contributed by atoms with van der Waals surface area (Å²) in [4.78, 5) is 16.9. The van der Waals surface area contributed by atoms with Gasteiger partial charge in [0.05, 0.1) is 23.4 Å². The predicted octanol–water partition coefficient (Wildman–Crippen LogP) is 7.32. The highest BCUT2D eigenvalue weighted by atomic mass is 35.5. The third-order valence-electron chi connectivity index (χ3n) is 4.40. The van der Waals surface area contributed by atoms with Gasteiger partial charge in [0.25, 0.3) is 0 Å². The Morgan fingerprint density at radius 1 is 1.00 bits per heavy atom. The Labute approximate surface area is 198 Å². The molecule has 5 nitrogen and oxygen atoms in total. The first kappa shape index (κ1) is 25.3. The summed E-state index contributed by atoms with van der Waals surface area (Å²) in [7, 11) is 1.22. The number of pyridine rings is 1. The number of rotatable bonds is 5. The van der Waals surface area contributed by atoms with E-state index >= 15 is 0 Å². The van der Waals surface area contributed by atoms with Gasteiger partial charge in [0.1, 0.15) is 16.9 Å². The molecule has 0 saturated heterocycles. The van der Waals surface area contributed by atoms with E-state index in [9.17, 15) is 22.4 Å². The van der Waals surface area contributed by atoms with E-state index in [1.807, 2.05) is 0 Å². The molecule has 10 heteroatoms. The molecule has 0 radical (unpaired) electrons. The Hall–Kier alpha value is -3.33. The molecular weight excluding hydrogens is 478 g/mol. The van der Waals surface area contributed by atoms with E-state index in [0.717, 1.165) is 0 Å². The van der Waals surface area contributed by atoms with Crippen LogP contribution in [0, 0.1) is 5.82 Å². The number of ether oxygens (including phenoxy) is 3. The number of methoxy groups -OCH3 is 1. The number of para-hydroxylation sites is 1. The lowest BCUT2D eigenvalue weighted by Crippen LogP contribution is -2.26. The molecule has 3 rings (SSSR count). The number of alkyl halides is 3. The van der Waals surface area contributed by atoms with E-state index in [1.54, 1.807) is 6.07 Å². The number of nitrogens with zero attached hydrogens (tertiary/aromatic N) is 1. The number of benzene rings is 2. The molecule has 0 fully saturated rings. The van der Waals surface area contributed by atoms with E-state index < -0.39 is 46.3 Å². The van der Waals surface area contributed by atoms with Crippen molar-refractivity contribution in [3.05, 3.63) is 70.5 Å². The fraction of sp³-hybridized carbons (Fsp3) is 0.250. The van der Waals surface area contributed by atoms with Crippen molar-refractivity contribution in [1.82, 2.24) is 4.98 Å². The second-order valence-electron chi connectivity index (χ2n) is 8.09. The predicted molar refractivity (Wildman–Crippen MR) is 118 cm³/mol. The van der Waals surface area contributed by atoms with Crippen molar-refractivity contribution in [2.75, 3.05) is 7.11 Å². The van der Waals surface area contributed by atoms with Crippen LogP contribution in [0.25, 0.3) is 11.3 Å². The molecule has 2 aromatic carbocycles. The van der Waals surface area contributed by atoms with Gasteiger partial charge in [-0.15, -0.1) is 0 Å². The molecule has 180 valence electrons. The minimum atomic E-state index is -5.03. The zero-order valence-corrected chi connectivity index (χ0v) is 19.3. The van der Waals surface area contributed by atoms with Gasteiger partial charge in [-0.2, -0.15) is 13.2 Å². The third kappa shape index (κ3) is 5.59. The van der Waals surface area contributed by atoms with E-state index in [1.165, 1.54) is 64.3 Å². The van der Waals surface area contributed by atoms with Crippen LogP contribution in [0.15, 0.2) is 48.5 Å². The summed E-state index contributed by atoms with van der Waals surface area (Å²) >= 11 is 6.10. The Morgan fingerprint density at radius 3 is 2.24 bits per heavy atom. The number of hydrogen-bond acceptors (Lipinski definition) is 5. The van der Waals surface area contributed by atoms with E-state index in [2.05, 4.69) is 4.98 Å². The van der Waals surface area contributed by atoms with Gasteiger partial charge in [-0.1, -0.05) is 29.8 Å². The quantitative estimate of drug-likeness (QED) is 0.273. The fourth-order valence-electron chi connectivity index (χ4n) is 2.98. The van der Waals surface area contributed by atoms with Crippen molar-refractivity contribution >= 4 is 17.6 Å². The van der Waals surface area contributed by atoms with Crippen LogP contribution in [0.4, 0.5) is 17.6 Å². The first-order valence-corrected chi connectivity index (χ1v) is 10.3. The molecule has 0 unspecified atom stereocenters. The van der Waals surface area contributed by atoms with Gasteiger partial charge >= 0.3 is 12.1 Å². The van der Waals surface area contributed by atoms with Crippen LogP contribution in [-0.4, -0.2) is 23.7 Å². The maximum absolute atomic E-state index is 14.9. The molecule has 0 bridgehead atoms. The lowest BCUT2D eigenvalue weighted by Gasteiger charge is -2.23. The summed E-state index contributed by atoms with van der Waals surface area (Å²) < 4.78 is 73.0. The Morgan fingerprint density at radius 2 is 1.65 bits per heavy atom. The van der Waals surface area contributed by atoms with Crippen LogP contribution in [0.3, 0.4) is 0 Å². The third-order valence-corrected chi connectivity index (χ3v) is 4.71. The van der Waals surface area contributed by atoms with Crippen LogP contribution in [0.1, 0.15) is 36.7 Å². The summed E-state index contributed by atoms with van der Waals surface area (Å²) in [5, 5.41) is 0.0611. The van der Waals surface area contributed by atoms with Crippen molar-refractivity contribution in [2.24, 2.45) is 0 Å². The van der Waals surface area contributed by atoms with Gasteiger partial charge in [0, 0.05) is 5.56 Å². The van der Waals surface area contributed by atoms with Gasteiger partial charge < -0.3 is 14.2 Å². The largest absolute Gasteiger partial charge is 0.494 e. The monoisotopic (exact) mass is 497 g/mol. The maximum atomic E-state index is 14.9. The molecule has 0 saturated carbocycles. The van der Waals surface area contributed by atoms with Crippen LogP contribution in [0.2, 0.25) is 5.02 Å². The van der Waals surface area contributed by atoms with E-state index in [0.29, 0.717) is 6.07 Å². The van der Waals surface area contributed by atoms with Crippen LogP contribution < -0.4 is 9.47 Å². The highest BCUT2D eigenvalue weighted by Gasteiger charge is 2.40. The average molecular weight is 498 g/mol. The molecular formula is C24H20ClF4NO4. The van der Waals surface area contributed by atoms with E-state index in [-0.39, 0.29) is 22.1 Å². The second-order valence-corrected chi connectivity index (χ2v) is 8.50. The molecule has 0 aliphatic heterocycles. The Bertz CT molecular complexity index is 1220. The minimum absolute atomic E-state index is 0.0575. The van der Waals surface area contributed by atoms with Gasteiger partial charge in [-0.25, -0.2) is 14.2 Å². The van der Waals surface area contributed by atoms with Gasteiger partial charge in [-0.3, -0.25) is 0 Å². The molecule has 0 amide bonds. The first-order valence-electron chi connectivity index (χ1n) is 9.92. The topological polar surface area (TPSA) is 57.7 Å². The smallest absolute Gasteiger partial charge is 0.417 e. The van der Waals surface area contributed by atoms with Crippen molar-refractivity contribution in [3.8, 4) is 28.6 Å². The van der Waals surface area contributed by atoms with Gasteiger partial charge in [0.2, 0.25) is 5.88 Å². The Balaban J connectivity index is 2.33. The van der Waals surface area contributed by atoms with Crippen molar-refractivity contribution < 1.29 is 36.6 Å². The van der Waals surface area contributed by atoms with Crippen molar-refractivity contribution in [2.45, 2.75) is 32.5 Å². The molecule has 0 aliphatic carbocycles. The number of aromatic nitrogens is 1. The number of esters is 1. The van der Waals surface area contributed by atoms with Crippen LogP contribution >= 0.6 is 11.6 Å². The minimum Gasteiger partial charge on any atom is -0.494 e. The number of carbonyl (C=O) groups excluding carboxylic acids is 1. The van der Waals surface area contributed by atoms with Gasteiger partial charge in [0.15, 0.2) is 11.6 Å². The molecule has 0 N–H and O–H groups in total. The summed E-state index contributed by atoms with van der Waals surface area (Å²) in [6, 6.07) is 10.4. The normalized spacial score (nSPS) is 11.8. The number of hydrogen-bond donors (Lipinski definition) is 0. The zero-order chi connectivity index (χ0) is 25.3. The van der Waals surface area contributed by atoms with Crippen LogP contribution in [-0.2, 0) is 10.9 Å². The van der Waals surface area contributed by atoms with Crippen LogP contribution in [0.5, 0.6) is 17.4 Å². The highest BCUT2D eigenvalue weighted by Crippen LogP contribution is 2.41. The molecule has 1 heterocycles. The Kier molecular flexibility index (Phi) is 7.07. The molecule has 0 spiro atoms. The zero-order valence-electron chi connectivity index (χ0n) is 18.6. The SMILES string of the molecule is COc1cccc(-c2cc(C(F)(F)F)c(C(=O)OC(C)(C)C)c(Oc3ccccc3Cl)n2)c1F. The number of halogens is 5. The molecule has 0 aliphatic rings. The summed E-state index contributed by atoms with van der Waals surface area (Å²) in [5.41, 5.74) is -4.20. The maximum Gasteiger partial charge on any atom is 0.417 e. The standard InChI is InChI=1S/C24H20ClF4NO4/c1-23(2,3)34-22(31)19-14(24(27,28)29)12-16(13-8-7-11-18(32-4)20(13)26)30-21(19)33-17-10-6-5-9-15(17)25/h5-12H,1-4H3. The van der Waals surface area contributed by atoms with E-state index in [4.69, 9.17) is 25.8 Å². The average Bonchev–Trinajstić information content (AvgIpc) is 2.73. The fourth-order valence-corrected chi connectivity index (χ4v) is 3.16. The second kappa shape index (κ2) is 9.50. The lowest BCUT2D eigenvalue weighted by atomic mass is 10.0. The summed E-state index contributed by atoms with van der Waals surface area (Å²) in [6.45, 7) is 4.50.